The van der Waals surface area contributed by atoms with Crippen molar-refractivity contribution in [3.8, 4) is 5.88 Å². The predicted octanol–water partition coefficient (Wildman–Crippen LogP) is 3.85. The molecule has 5 nitrogen and oxygen atoms in total. The summed E-state index contributed by atoms with van der Waals surface area (Å²) in [5, 5.41) is 11.9. The normalized spacial score (nSPS) is 10.8. The van der Waals surface area contributed by atoms with Crippen molar-refractivity contribution in [3.05, 3.63) is 74.0 Å². The lowest BCUT2D eigenvalue weighted by molar-refractivity contribution is 0.0598. The molecular formula is C18H13Cl2NO4. The fourth-order valence-electron chi connectivity index (χ4n) is 2.66. The van der Waals surface area contributed by atoms with Crippen molar-refractivity contribution >= 4 is 39.9 Å². The fourth-order valence-corrected chi connectivity index (χ4v) is 2.98. The Balaban J connectivity index is 2.26. The zero-order valence-electron chi connectivity index (χ0n) is 13.1. The van der Waals surface area contributed by atoms with Crippen LogP contribution in [-0.2, 0) is 11.3 Å². The number of benzene rings is 2. The maximum absolute atomic E-state index is 12.8. The molecule has 1 aromatic heterocycles. The summed E-state index contributed by atoms with van der Waals surface area (Å²) in [6.45, 7) is 0.0242. The Morgan fingerprint density at radius 2 is 1.80 bits per heavy atom. The summed E-state index contributed by atoms with van der Waals surface area (Å²) < 4.78 is 5.86. The molecule has 128 valence electrons. The average molecular weight is 378 g/mol. The SMILES string of the molecule is COC(=O)c1c(O)n(Cc2ccc(Cl)c(Cl)c2)c(=O)c2ccccc12. The number of fused-ring (bicyclic) bond motifs is 1. The monoisotopic (exact) mass is 377 g/mol. The van der Waals surface area contributed by atoms with Gasteiger partial charge in [0.1, 0.15) is 5.56 Å². The van der Waals surface area contributed by atoms with E-state index in [-0.39, 0.29) is 12.1 Å². The lowest BCUT2D eigenvalue weighted by Crippen LogP contribution is -2.23. The fraction of sp³-hybridized carbons (Fsp3) is 0.111. The number of pyridine rings is 1. The summed E-state index contributed by atoms with van der Waals surface area (Å²) in [6.07, 6.45) is 0. The summed E-state index contributed by atoms with van der Waals surface area (Å²) in [4.78, 5) is 24.9. The van der Waals surface area contributed by atoms with Crippen LogP contribution in [0.4, 0.5) is 0 Å². The summed E-state index contributed by atoms with van der Waals surface area (Å²) in [5.41, 5.74) is 0.169. The van der Waals surface area contributed by atoms with E-state index >= 15 is 0 Å². The lowest BCUT2D eigenvalue weighted by atomic mass is 10.1. The molecule has 0 aliphatic carbocycles. The van der Waals surface area contributed by atoms with Gasteiger partial charge in [0.25, 0.3) is 5.56 Å². The molecule has 1 N–H and O–H groups in total. The number of halogens is 2. The third-order valence-electron chi connectivity index (χ3n) is 3.87. The van der Waals surface area contributed by atoms with E-state index < -0.39 is 17.4 Å². The van der Waals surface area contributed by atoms with Gasteiger partial charge in [0, 0.05) is 10.8 Å². The van der Waals surface area contributed by atoms with E-state index in [1.54, 1.807) is 42.5 Å². The van der Waals surface area contributed by atoms with Crippen molar-refractivity contribution in [1.29, 1.82) is 0 Å². The number of carbonyl (C=O) groups excluding carboxylic acids is 1. The number of methoxy groups -OCH3 is 1. The van der Waals surface area contributed by atoms with Gasteiger partial charge in [-0.3, -0.25) is 9.36 Å². The molecule has 0 fully saturated rings. The number of rotatable bonds is 3. The lowest BCUT2D eigenvalue weighted by Gasteiger charge is -2.14. The van der Waals surface area contributed by atoms with Gasteiger partial charge in [-0.25, -0.2) is 4.79 Å². The van der Waals surface area contributed by atoms with Crippen LogP contribution in [0.1, 0.15) is 15.9 Å². The van der Waals surface area contributed by atoms with Gasteiger partial charge in [0.05, 0.1) is 23.7 Å². The summed E-state index contributed by atoms with van der Waals surface area (Å²) in [6, 6.07) is 11.4. The quantitative estimate of drug-likeness (QED) is 0.703. The average Bonchev–Trinajstić information content (AvgIpc) is 2.61. The first-order valence-electron chi connectivity index (χ1n) is 7.30. The van der Waals surface area contributed by atoms with E-state index in [4.69, 9.17) is 27.9 Å². The zero-order chi connectivity index (χ0) is 18.1. The van der Waals surface area contributed by atoms with Crippen LogP contribution in [0.25, 0.3) is 10.8 Å². The zero-order valence-corrected chi connectivity index (χ0v) is 14.6. The molecule has 3 rings (SSSR count). The third kappa shape index (κ3) is 3.08. The third-order valence-corrected chi connectivity index (χ3v) is 4.60. The van der Waals surface area contributed by atoms with Crippen LogP contribution in [0.5, 0.6) is 5.88 Å². The smallest absolute Gasteiger partial charge is 0.343 e. The maximum Gasteiger partial charge on any atom is 0.343 e. The molecule has 25 heavy (non-hydrogen) atoms. The van der Waals surface area contributed by atoms with Gasteiger partial charge in [0.2, 0.25) is 5.88 Å². The Labute approximate surface area is 153 Å². The Morgan fingerprint density at radius 3 is 2.44 bits per heavy atom. The number of aromatic hydroxyl groups is 1. The van der Waals surface area contributed by atoms with Crippen LogP contribution in [0, 0.1) is 0 Å². The van der Waals surface area contributed by atoms with E-state index in [0.717, 1.165) is 4.57 Å². The first kappa shape index (κ1) is 17.3. The van der Waals surface area contributed by atoms with Gasteiger partial charge < -0.3 is 9.84 Å². The molecule has 1 heterocycles. The Kier molecular flexibility index (Phi) is 4.70. The Morgan fingerprint density at radius 1 is 1.12 bits per heavy atom. The molecule has 0 aliphatic heterocycles. The number of ether oxygens (including phenoxy) is 1. The van der Waals surface area contributed by atoms with E-state index in [0.29, 0.717) is 26.4 Å². The minimum atomic E-state index is -0.725. The van der Waals surface area contributed by atoms with Crippen LogP contribution in [-0.4, -0.2) is 22.8 Å². The highest BCUT2D eigenvalue weighted by Crippen LogP contribution is 2.27. The van der Waals surface area contributed by atoms with Crippen molar-refractivity contribution in [1.82, 2.24) is 4.57 Å². The second-order valence-electron chi connectivity index (χ2n) is 5.38. The molecule has 0 aliphatic rings. The van der Waals surface area contributed by atoms with Crippen molar-refractivity contribution in [2.45, 2.75) is 6.54 Å². The molecule has 0 spiro atoms. The molecule has 0 amide bonds. The van der Waals surface area contributed by atoms with Crippen molar-refractivity contribution in [2.75, 3.05) is 7.11 Å². The van der Waals surface area contributed by atoms with Gasteiger partial charge in [-0.1, -0.05) is 47.5 Å². The molecule has 2 aromatic carbocycles. The summed E-state index contributed by atoms with van der Waals surface area (Å²) in [7, 11) is 1.21. The van der Waals surface area contributed by atoms with Crippen molar-refractivity contribution in [3.63, 3.8) is 0 Å². The van der Waals surface area contributed by atoms with Crippen LogP contribution >= 0.6 is 23.2 Å². The number of hydrogen-bond donors (Lipinski definition) is 1. The van der Waals surface area contributed by atoms with Crippen molar-refractivity contribution < 1.29 is 14.6 Å². The van der Waals surface area contributed by atoms with Crippen LogP contribution in [0.2, 0.25) is 10.0 Å². The van der Waals surface area contributed by atoms with Gasteiger partial charge >= 0.3 is 5.97 Å². The molecule has 0 radical (unpaired) electrons. The van der Waals surface area contributed by atoms with E-state index in [9.17, 15) is 14.7 Å². The Bertz CT molecular complexity index is 1040. The highest BCUT2D eigenvalue weighted by molar-refractivity contribution is 6.42. The van der Waals surface area contributed by atoms with Crippen LogP contribution < -0.4 is 5.56 Å². The minimum absolute atomic E-state index is 0.0242. The predicted molar refractivity (Wildman–Crippen MR) is 96.8 cm³/mol. The maximum atomic E-state index is 12.8. The molecule has 0 unspecified atom stereocenters. The van der Waals surface area contributed by atoms with Gasteiger partial charge in [0.15, 0.2) is 0 Å². The molecule has 7 heteroatoms. The minimum Gasteiger partial charge on any atom is -0.494 e. The molecule has 3 aromatic rings. The largest absolute Gasteiger partial charge is 0.494 e. The summed E-state index contributed by atoms with van der Waals surface area (Å²) in [5.74, 6) is -1.18. The molecule has 0 saturated heterocycles. The van der Waals surface area contributed by atoms with E-state index in [1.807, 2.05) is 0 Å². The first-order valence-corrected chi connectivity index (χ1v) is 8.06. The summed E-state index contributed by atoms with van der Waals surface area (Å²) >= 11 is 11.9. The highest BCUT2D eigenvalue weighted by Gasteiger charge is 2.22. The molecule has 0 bridgehead atoms. The molecule has 0 saturated carbocycles. The van der Waals surface area contributed by atoms with Gasteiger partial charge in [-0.05, 0) is 23.8 Å². The standard InChI is InChI=1S/C18H13Cl2NO4/c1-25-18(24)15-11-4-2-3-5-12(11)16(22)21(17(15)23)9-10-6-7-13(19)14(20)8-10/h2-8,23H,9H2,1H3. The number of esters is 1. The van der Waals surface area contributed by atoms with E-state index in [2.05, 4.69) is 0 Å². The van der Waals surface area contributed by atoms with Crippen LogP contribution in [0.3, 0.4) is 0 Å². The van der Waals surface area contributed by atoms with Gasteiger partial charge in [-0.15, -0.1) is 0 Å². The number of aromatic nitrogens is 1. The van der Waals surface area contributed by atoms with Crippen molar-refractivity contribution in [2.24, 2.45) is 0 Å². The molecule has 0 atom stereocenters. The number of nitrogens with zero attached hydrogens (tertiary/aromatic N) is 1. The van der Waals surface area contributed by atoms with Gasteiger partial charge in [-0.2, -0.15) is 0 Å². The topological polar surface area (TPSA) is 68.5 Å². The second kappa shape index (κ2) is 6.78. The molecular weight excluding hydrogens is 365 g/mol. The van der Waals surface area contributed by atoms with E-state index in [1.165, 1.54) is 7.11 Å². The Hall–Kier alpha value is -2.50. The number of hydrogen-bond acceptors (Lipinski definition) is 4. The number of carbonyl (C=O) groups is 1. The second-order valence-corrected chi connectivity index (χ2v) is 6.19. The van der Waals surface area contributed by atoms with Crippen LogP contribution in [0.15, 0.2) is 47.3 Å². The first-order chi connectivity index (χ1) is 11.9. The highest BCUT2D eigenvalue weighted by atomic mass is 35.5.